The molecule has 3 N–H and O–H groups in total. The second kappa shape index (κ2) is 9.41. The topological polar surface area (TPSA) is 114 Å². The zero-order valence-corrected chi connectivity index (χ0v) is 15.9. The summed E-state index contributed by atoms with van der Waals surface area (Å²) in [5, 5.41) is 3.07. The Labute approximate surface area is 154 Å². The largest absolute Gasteiger partial charge is 0.354 e. The molecule has 0 spiro atoms. The van der Waals surface area contributed by atoms with Crippen LogP contribution in [0.5, 0.6) is 0 Å². The van der Waals surface area contributed by atoms with E-state index in [1.54, 1.807) is 12.1 Å². The van der Waals surface area contributed by atoms with Gasteiger partial charge in [-0.1, -0.05) is 12.1 Å². The zero-order valence-electron chi connectivity index (χ0n) is 15.1. The number of anilines is 2. The summed E-state index contributed by atoms with van der Waals surface area (Å²) < 4.78 is 21.4. The molecule has 26 heavy (non-hydrogen) atoms. The number of hydrogen-bond acceptors (Lipinski definition) is 6. The fourth-order valence-corrected chi connectivity index (χ4v) is 2.60. The first-order chi connectivity index (χ1) is 12.3. The van der Waals surface area contributed by atoms with E-state index >= 15 is 0 Å². The Kier molecular flexibility index (Phi) is 7.25. The molecular formula is C16H24N6O3S. The predicted octanol–water partition coefficient (Wildman–Crippen LogP) is 0.692. The number of nitrogens with one attached hydrogen (secondary N) is 2. The van der Waals surface area contributed by atoms with E-state index in [0.717, 1.165) is 18.5 Å². The molecule has 2 rings (SSSR count). The van der Waals surface area contributed by atoms with Crippen molar-refractivity contribution in [1.29, 1.82) is 0 Å². The monoisotopic (exact) mass is 380 g/mol. The van der Waals surface area contributed by atoms with Gasteiger partial charge >= 0.3 is 5.69 Å². The van der Waals surface area contributed by atoms with Crippen molar-refractivity contribution in [3.63, 3.8) is 0 Å². The third-order valence-electron chi connectivity index (χ3n) is 3.67. The van der Waals surface area contributed by atoms with Crippen LogP contribution < -0.4 is 15.3 Å². The van der Waals surface area contributed by atoms with Crippen LogP contribution in [-0.4, -0.2) is 62.8 Å². The van der Waals surface area contributed by atoms with Crippen LogP contribution in [0.3, 0.4) is 0 Å². The van der Waals surface area contributed by atoms with Crippen LogP contribution >= 0.6 is 0 Å². The second-order valence-corrected chi connectivity index (χ2v) is 7.09. The van der Waals surface area contributed by atoms with E-state index in [9.17, 15) is 9.00 Å². The number of hydrogen-bond donors (Lipinski definition) is 3. The molecule has 0 aliphatic rings. The number of aromatic nitrogens is 3. The Morgan fingerprint density at radius 3 is 2.50 bits per heavy atom. The highest BCUT2D eigenvalue weighted by Gasteiger charge is 2.08. The van der Waals surface area contributed by atoms with Gasteiger partial charge in [-0.15, -0.1) is 0 Å². The van der Waals surface area contributed by atoms with Crippen molar-refractivity contribution in [2.24, 2.45) is 0 Å². The zero-order chi connectivity index (χ0) is 19.1. The molecule has 1 unspecified atom stereocenters. The molecule has 1 atom stereocenters. The molecule has 0 fully saturated rings. The summed E-state index contributed by atoms with van der Waals surface area (Å²) in [6, 6.07) is 7.12. The van der Waals surface area contributed by atoms with Gasteiger partial charge in [0.15, 0.2) is 0 Å². The molecule has 1 aromatic heterocycles. The molecule has 9 nitrogen and oxygen atoms in total. The van der Waals surface area contributed by atoms with Crippen LogP contribution in [0.4, 0.5) is 11.6 Å². The van der Waals surface area contributed by atoms with E-state index in [1.165, 1.54) is 11.4 Å². The van der Waals surface area contributed by atoms with Crippen molar-refractivity contribution in [2.45, 2.75) is 12.8 Å². The molecule has 1 heterocycles. The van der Waals surface area contributed by atoms with E-state index in [-0.39, 0.29) is 0 Å². The maximum atomic E-state index is 11.7. The fourth-order valence-electron chi connectivity index (χ4n) is 2.29. The summed E-state index contributed by atoms with van der Waals surface area (Å²) in [4.78, 5) is 24.6. The van der Waals surface area contributed by atoms with E-state index in [1.807, 2.05) is 26.2 Å². The molecule has 0 amide bonds. The molecule has 142 valence electrons. The summed E-state index contributed by atoms with van der Waals surface area (Å²) in [6.45, 7) is 1.61. The number of H-pyrrole nitrogens is 1. The van der Waals surface area contributed by atoms with Crippen molar-refractivity contribution in [2.75, 3.05) is 43.9 Å². The molecule has 0 aliphatic carbocycles. The minimum absolute atomic E-state index is 0.314. The van der Waals surface area contributed by atoms with Crippen molar-refractivity contribution in [1.82, 2.24) is 19.9 Å². The molecule has 0 saturated heterocycles. The Balaban J connectivity index is 2.02. The number of aromatic amines is 1. The lowest BCUT2D eigenvalue weighted by molar-refractivity contribution is 0.405. The lowest BCUT2D eigenvalue weighted by atomic mass is 10.1. The maximum Gasteiger partial charge on any atom is 0.349 e. The lowest BCUT2D eigenvalue weighted by Crippen LogP contribution is -2.21. The van der Waals surface area contributed by atoms with Crippen LogP contribution in [0.1, 0.15) is 17.8 Å². The van der Waals surface area contributed by atoms with Gasteiger partial charge in [0.25, 0.3) is 11.3 Å². The average molecular weight is 380 g/mol. The highest BCUT2D eigenvalue weighted by molar-refractivity contribution is 7.80. The van der Waals surface area contributed by atoms with Gasteiger partial charge in [0.1, 0.15) is 5.82 Å². The van der Waals surface area contributed by atoms with Crippen LogP contribution in [0.15, 0.2) is 29.1 Å². The normalized spacial score (nSPS) is 12.2. The molecular weight excluding hydrogens is 356 g/mol. The van der Waals surface area contributed by atoms with Crippen LogP contribution in [0.2, 0.25) is 0 Å². The van der Waals surface area contributed by atoms with Crippen molar-refractivity contribution in [3.8, 4) is 0 Å². The van der Waals surface area contributed by atoms with Gasteiger partial charge in [0.05, 0.1) is 5.69 Å². The van der Waals surface area contributed by atoms with Crippen molar-refractivity contribution >= 4 is 22.9 Å². The SMILES string of the molecule is CN(C)CCCNc1nc(Cc2ccc(N(C)S(=O)O)cc2)[nH]c(=O)n1. The second-order valence-electron chi connectivity index (χ2n) is 6.08. The average Bonchev–Trinajstić information content (AvgIpc) is 2.58. The molecule has 0 saturated carbocycles. The smallest absolute Gasteiger partial charge is 0.349 e. The van der Waals surface area contributed by atoms with E-state index in [4.69, 9.17) is 4.55 Å². The lowest BCUT2D eigenvalue weighted by Gasteiger charge is -2.14. The third-order valence-corrected chi connectivity index (χ3v) is 4.35. The quantitative estimate of drug-likeness (QED) is 0.433. The maximum absolute atomic E-state index is 11.7. The summed E-state index contributed by atoms with van der Waals surface area (Å²) in [5.74, 6) is 0.821. The van der Waals surface area contributed by atoms with Crippen LogP contribution in [0, 0.1) is 0 Å². The number of benzene rings is 1. The minimum atomic E-state index is -2.07. The Bertz CT molecular complexity index is 793. The molecule has 10 heteroatoms. The molecule has 0 aliphatic heterocycles. The Hall–Kier alpha value is -2.30. The van der Waals surface area contributed by atoms with Crippen LogP contribution in [-0.2, 0) is 17.7 Å². The standard InChI is InChI=1S/C16H24N6O3S/c1-21(2)10-4-9-17-15-18-14(19-16(23)20-15)11-12-5-7-13(8-6-12)22(3)26(24)25/h5-8H,4,9-11H2,1-3H3,(H,24,25)(H2,17,18,19,20,23). The predicted molar refractivity (Wildman–Crippen MR) is 103 cm³/mol. The summed E-state index contributed by atoms with van der Waals surface area (Å²) in [5.41, 5.74) is 1.09. The Morgan fingerprint density at radius 1 is 1.19 bits per heavy atom. The Morgan fingerprint density at radius 2 is 1.88 bits per heavy atom. The minimum Gasteiger partial charge on any atom is -0.354 e. The van der Waals surface area contributed by atoms with E-state index < -0.39 is 17.0 Å². The first kappa shape index (κ1) is 20.0. The van der Waals surface area contributed by atoms with Gasteiger partial charge < -0.3 is 10.2 Å². The molecule has 2 aromatic rings. The third kappa shape index (κ3) is 6.21. The fraction of sp³-hybridized carbons (Fsp3) is 0.438. The number of nitrogens with zero attached hydrogens (tertiary/aromatic N) is 4. The van der Waals surface area contributed by atoms with Gasteiger partial charge in [-0.25, -0.2) is 9.00 Å². The highest BCUT2D eigenvalue weighted by Crippen LogP contribution is 2.16. The van der Waals surface area contributed by atoms with Crippen LogP contribution in [0.25, 0.3) is 0 Å². The summed E-state index contributed by atoms with van der Waals surface area (Å²) >= 11 is -2.07. The first-order valence-corrected chi connectivity index (χ1v) is 9.21. The van der Waals surface area contributed by atoms with Gasteiger partial charge in [0.2, 0.25) is 5.95 Å². The summed E-state index contributed by atoms with van der Waals surface area (Å²) in [7, 11) is 5.54. The van der Waals surface area contributed by atoms with Gasteiger partial charge in [-0.3, -0.25) is 13.8 Å². The molecule has 1 aromatic carbocycles. The van der Waals surface area contributed by atoms with Gasteiger partial charge in [-0.05, 0) is 44.8 Å². The van der Waals surface area contributed by atoms with Gasteiger partial charge in [-0.2, -0.15) is 9.97 Å². The highest BCUT2D eigenvalue weighted by atomic mass is 32.2. The number of rotatable bonds is 9. The summed E-state index contributed by atoms with van der Waals surface area (Å²) in [6.07, 6.45) is 1.34. The van der Waals surface area contributed by atoms with Gasteiger partial charge in [0, 0.05) is 20.0 Å². The van der Waals surface area contributed by atoms with Crippen molar-refractivity contribution in [3.05, 3.63) is 46.1 Å². The van der Waals surface area contributed by atoms with E-state index in [0.29, 0.717) is 30.4 Å². The molecule has 0 radical (unpaired) electrons. The van der Waals surface area contributed by atoms with E-state index in [2.05, 4.69) is 25.2 Å². The first-order valence-electron chi connectivity index (χ1n) is 8.14. The van der Waals surface area contributed by atoms with Crippen molar-refractivity contribution < 1.29 is 8.76 Å². The molecule has 0 bridgehead atoms.